The van der Waals surface area contributed by atoms with E-state index in [9.17, 15) is 9.59 Å². The van der Waals surface area contributed by atoms with Gasteiger partial charge in [0.25, 0.3) is 0 Å². The fourth-order valence-corrected chi connectivity index (χ4v) is 0.572. The van der Waals surface area contributed by atoms with Crippen molar-refractivity contribution in [3.63, 3.8) is 0 Å². The maximum Gasteiger partial charge on any atom is 0.246 e. The number of hydrogen-bond acceptors (Lipinski definition) is 3. The lowest BCUT2D eigenvalue weighted by Gasteiger charge is -2.05. The zero-order valence-electron chi connectivity index (χ0n) is 7.72. The molecule has 0 atom stereocenters. The number of ketones is 1. The Kier molecular flexibility index (Phi) is 5.28. The first-order valence-corrected chi connectivity index (χ1v) is 3.86. The van der Waals surface area contributed by atoms with E-state index < -0.39 is 0 Å². The SMILES string of the molecule is COCC(=O)NCC(=O)C(C)C. The summed E-state index contributed by atoms with van der Waals surface area (Å²) in [5.74, 6) is -0.265. The van der Waals surface area contributed by atoms with Crippen molar-refractivity contribution in [1.82, 2.24) is 5.32 Å². The van der Waals surface area contributed by atoms with Gasteiger partial charge in [-0.05, 0) is 0 Å². The summed E-state index contributed by atoms with van der Waals surface area (Å²) < 4.78 is 4.57. The lowest BCUT2D eigenvalue weighted by molar-refractivity contribution is -0.128. The van der Waals surface area contributed by atoms with Crippen LogP contribution >= 0.6 is 0 Å². The van der Waals surface area contributed by atoms with Crippen molar-refractivity contribution in [2.75, 3.05) is 20.3 Å². The van der Waals surface area contributed by atoms with Gasteiger partial charge in [-0.1, -0.05) is 13.8 Å². The zero-order valence-corrected chi connectivity index (χ0v) is 7.72. The third-order valence-electron chi connectivity index (χ3n) is 1.38. The second kappa shape index (κ2) is 5.71. The summed E-state index contributed by atoms with van der Waals surface area (Å²) in [7, 11) is 1.43. The molecule has 4 nitrogen and oxygen atoms in total. The molecule has 70 valence electrons. The Bertz CT molecular complexity index is 166. The van der Waals surface area contributed by atoms with Crippen molar-refractivity contribution in [3.05, 3.63) is 0 Å². The molecule has 0 fully saturated rings. The fraction of sp³-hybridized carbons (Fsp3) is 0.750. The van der Waals surface area contributed by atoms with Crippen LogP contribution in [-0.2, 0) is 14.3 Å². The number of rotatable bonds is 5. The summed E-state index contributed by atoms with van der Waals surface area (Å²) in [6, 6.07) is 0. The number of hydrogen-bond donors (Lipinski definition) is 1. The Balaban J connectivity index is 3.54. The Morgan fingerprint density at radius 3 is 2.42 bits per heavy atom. The van der Waals surface area contributed by atoms with Crippen LogP contribution in [0.2, 0.25) is 0 Å². The molecule has 0 aromatic heterocycles. The van der Waals surface area contributed by atoms with Gasteiger partial charge < -0.3 is 10.1 Å². The van der Waals surface area contributed by atoms with E-state index in [2.05, 4.69) is 10.1 Å². The van der Waals surface area contributed by atoms with E-state index >= 15 is 0 Å². The van der Waals surface area contributed by atoms with Crippen LogP contribution in [0.25, 0.3) is 0 Å². The van der Waals surface area contributed by atoms with Crippen molar-refractivity contribution in [2.24, 2.45) is 5.92 Å². The maximum atomic E-state index is 11.0. The first-order chi connectivity index (χ1) is 5.57. The van der Waals surface area contributed by atoms with E-state index in [-0.39, 0.29) is 30.8 Å². The minimum absolute atomic E-state index is 0.00533. The first-order valence-electron chi connectivity index (χ1n) is 3.86. The Hall–Kier alpha value is -0.900. The van der Waals surface area contributed by atoms with Crippen LogP contribution in [0.4, 0.5) is 0 Å². The lowest BCUT2D eigenvalue weighted by atomic mass is 10.1. The highest BCUT2D eigenvalue weighted by molar-refractivity contribution is 5.87. The summed E-state index contributed by atoms with van der Waals surface area (Å²) in [4.78, 5) is 21.8. The van der Waals surface area contributed by atoms with Gasteiger partial charge in [0.2, 0.25) is 5.91 Å². The molecule has 0 aliphatic heterocycles. The third-order valence-corrected chi connectivity index (χ3v) is 1.38. The summed E-state index contributed by atoms with van der Waals surface area (Å²) in [5.41, 5.74) is 0. The summed E-state index contributed by atoms with van der Waals surface area (Å²) in [6.07, 6.45) is 0. The molecule has 0 spiro atoms. The van der Waals surface area contributed by atoms with Crippen LogP contribution in [0.5, 0.6) is 0 Å². The van der Waals surface area contributed by atoms with Crippen molar-refractivity contribution in [3.8, 4) is 0 Å². The number of amides is 1. The topological polar surface area (TPSA) is 55.4 Å². The highest BCUT2D eigenvalue weighted by Gasteiger charge is 2.08. The predicted octanol–water partition coefficient (Wildman–Crippen LogP) is -0.0259. The molecule has 1 N–H and O–H groups in total. The molecule has 0 aliphatic carbocycles. The summed E-state index contributed by atoms with van der Waals surface area (Å²) in [6.45, 7) is 3.70. The zero-order chi connectivity index (χ0) is 9.56. The molecular formula is C8H15NO3. The van der Waals surface area contributed by atoms with Crippen LogP contribution in [0.3, 0.4) is 0 Å². The average Bonchev–Trinajstić information content (AvgIpc) is 2.00. The maximum absolute atomic E-state index is 11.0. The van der Waals surface area contributed by atoms with Crippen LogP contribution in [0.15, 0.2) is 0 Å². The molecule has 1 amide bonds. The van der Waals surface area contributed by atoms with Gasteiger partial charge in [-0.25, -0.2) is 0 Å². The first kappa shape index (κ1) is 11.1. The second-order valence-electron chi connectivity index (χ2n) is 2.83. The molecular weight excluding hydrogens is 158 g/mol. The molecule has 0 aromatic rings. The smallest absolute Gasteiger partial charge is 0.246 e. The Labute approximate surface area is 72.3 Å². The van der Waals surface area contributed by atoms with Crippen LogP contribution < -0.4 is 5.32 Å². The van der Waals surface area contributed by atoms with Gasteiger partial charge in [-0.15, -0.1) is 0 Å². The monoisotopic (exact) mass is 173 g/mol. The fourth-order valence-electron chi connectivity index (χ4n) is 0.572. The number of carbonyl (C=O) groups is 2. The van der Waals surface area contributed by atoms with Gasteiger partial charge in [-0.2, -0.15) is 0 Å². The average molecular weight is 173 g/mol. The highest BCUT2D eigenvalue weighted by Crippen LogP contribution is 1.91. The second-order valence-corrected chi connectivity index (χ2v) is 2.83. The number of ether oxygens (including phenoxy) is 1. The highest BCUT2D eigenvalue weighted by atomic mass is 16.5. The van der Waals surface area contributed by atoms with Crippen molar-refractivity contribution >= 4 is 11.7 Å². The Morgan fingerprint density at radius 1 is 1.42 bits per heavy atom. The largest absolute Gasteiger partial charge is 0.375 e. The quantitative estimate of drug-likeness (QED) is 0.635. The predicted molar refractivity (Wildman–Crippen MR) is 44.7 cm³/mol. The molecule has 0 unspecified atom stereocenters. The van der Waals surface area contributed by atoms with Gasteiger partial charge in [0, 0.05) is 13.0 Å². The van der Waals surface area contributed by atoms with Crippen molar-refractivity contribution in [2.45, 2.75) is 13.8 Å². The van der Waals surface area contributed by atoms with Gasteiger partial charge in [0.1, 0.15) is 6.61 Å². The van der Waals surface area contributed by atoms with E-state index in [1.165, 1.54) is 7.11 Å². The lowest BCUT2D eigenvalue weighted by Crippen LogP contribution is -2.33. The van der Waals surface area contributed by atoms with E-state index in [1.54, 1.807) is 13.8 Å². The molecule has 0 radical (unpaired) electrons. The molecule has 0 aliphatic rings. The van der Waals surface area contributed by atoms with Gasteiger partial charge in [0.05, 0.1) is 6.54 Å². The molecule has 0 aromatic carbocycles. The summed E-state index contributed by atoms with van der Waals surface area (Å²) >= 11 is 0. The van der Waals surface area contributed by atoms with Crippen molar-refractivity contribution in [1.29, 1.82) is 0 Å². The molecule has 0 bridgehead atoms. The molecule has 0 heterocycles. The van der Waals surface area contributed by atoms with E-state index in [4.69, 9.17) is 0 Å². The van der Waals surface area contributed by atoms with Crippen LogP contribution in [0, 0.1) is 5.92 Å². The molecule has 4 heteroatoms. The third kappa shape index (κ3) is 4.85. The molecule has 0 rings (SSSR count). The Morgan fingerprint density at radius 2 is 2.00 bits per heavy atom. The van der Waals surface area contributed by atoms with Crippen LogP contribution in [0.1, 0.15) is 13.8 Å². The minimum Gasteiger partial charge on any atom is -0.375 e. The number of carbonyl (C=O) groups excluding carboxylic acids is 2. The van der Waals surface area contributed by atoms with Crippen LogP contribution in [-0.4, -0.2) is 32.0 Å². The summed E-state index contributed by atoms with van der Waals surface area (Å²) in [5, 5.41) is 2.45. The van der Waals surface area contributed by atoms with Gasteiger partial charge in [0.15, 0.2) is 5.78 Å². The van der Waals surface area contributed by atoms with E-state index in [1.807, 2.05) is 0 Å². The van der Waals surface area contributed by atoms with Gasteiger partial charge >= 0.3 is 0 Å². The number of nitrogens with one attached hydrogen (secondary N) is 1. The van der Waals surface area contributed by atoms with Crippen molar-refractivity contribution < 1.29 is 14.3 Å². The molecule has 0 saturated carbocycles. The normalized spacial score (nSPS) is 10.0. The standard InChI is InChI=1S/C8H15NO3/c1-6(2)7(10)4-9-8(11)5-12-3/h6H,4-5H2,1-3H3,(H,9,11). The molecule has 12 heavy (non-hydrogen) atoms. The number of methoxy groups -OCH3 is 1. The number of Topliss-reactive ketones (excluding diaryl/α,β-unsaturated/α-hetero) is 1. The minimum atomic E-state index is -0.258. The van der Waals surface area contributed by atoms with E-state index in [0.29, 0.717) is 0 Å². The van der Waals surface area contributed by atoms with Gasteiger partial charge in [-0.3, -0.25) is 9.59 Å². The molecule has 0 saturated heterocycles. The van der Waals surface area contributed by atoms with E-state index in [0.717, 1.165) is 0 Å².